The molecule has 0 atom stereocenters. The van der Waals surface area contributed by atoms with Gasteiger partial charge in [-0.25, -0.2) is 9.18 Å². The average molecular weight is 249 g/mol. The lowest BCUT2D eigenvalue weighted by molar-refractivity contribution is 0.0697. The zero-order valence-electron chi connectivity index (χ0n) is 9.76. The number of carbonyl (C=O) groups is 1. The number of methoxy groups -OCH3 is 1. The fourth-order valence-corrected chi connectivity index (χ4v) is 1.68. The van der Waals surface area contributed by atoms with E-state index >= 15 is 0 Å². The number of carboxylic acids is 1. The number of aromatic nitrogens is 1. The summed E-state index contributed by atoms with van der Waals surface area (Å²) in [7, 11) is 1.41. The van der Waals surface area contributed by atoms with Gasteiger partial charge in [-0.1, -0.05) is 6.07 Å². The molecule has 1 aromatic carbocycles. The third-order valence-electron chi connectivity index (χ3n) is 2.58. The van der Waals surface area contributed by atoms with Crippen molar-refractivity contribution in [1.82, 2.24) is 4.57 Å². The van der Waals surface area contributed by atoms with E-state index in [0.717, 1.165) is 5.56 Å². The third-order valence-corrected chi connectivity index (χ3v) is 2.58. The Morgan fingerprint density at radius 3 is 2.78 bits per heavy atom. The van der Waals surface area contributed by atoms with Crippen molar-refractivity contribution in [1.29, 1.82) is 0 Å². The molecule has 1 N–H and O–H groups in total. The zero-order valence-corrected chi connectivity index (χ0v) is 9.76. The van der Waals surface area contributed by atoms with Gasteiger partial charge in [0.25, 0.3) is 0 Å². The van der Waals surface area contributed by atoms with Gasteiger partial charge in [-0.15, -0.1) is 0 Å². The number of carboxylic acid groups (broad SMARTS) is 1. The fourth-order valence-electron chi connectivity index (χ4n) is 1.68. The van der Waals surface area contributed by atoms with Gasteiger partial charge in [-0.05, 0) is 23.8 Å². The van der Waals surface area contributed by atoms with Crippen LogP contribution in [-0.2, 0) is 6.54 Å². The zero-order chi connectivity index (χ0) is 13.1. The molecule has 1 aromatic heterocycles. The first-order valence-electron chi connectivity index (χ1n) is 5.31. The number of ether oxygens (including phenoxy) is 1. The molecular formula is C13H12FNO3. The molecule has 0 spiro atoms. The fraction of sp³-hybridized carbons (Fsp3) is 0.154. The van der Waals surface area contributed by atoms with Crippen molar-refractivity contribution < 1.29 is 19.0 Å². The summed E-state index contributed by atoms with van der Waals surface area (Å²) in [5, 5.41) is 8.79. The Morgan fingerprint density at radius 2 is 2.22 bits per heavy atom. The minimum Gasteiger partial charge on any atom is -0.494 e. The minimum atomic E-state index is -0.977. The highest BCUT2D eigenvalue weighted by Crippen LogP contribution is 2.18. The van der Waals surface area contributed by atoms with Crippen molar-refractivity contribution in [2.24, 2.45) is 0 Å². The predicted molar refractivity (Wildman–Crippen MR) is 63.4 cm³/mol. The molecular weight excluding hydrogens is 237 g/mol. The molecule has 0 radical (unpaired) electrons. The van der Waals surface area contributed by atoms with E-state index in [9.17, 15) is 9.18 Å². The molecule has 0 aliphatic carbocycles. The second kappa shape index (κ2) is 4.91. The molecule has 0 saturated heterocycles. The second-order valence-corrected chi connectivity index (χ2v) is 3.85. The van der Waals surface area contributed by atoms with E-state index in [0.29, 0.717) is 6.54 Å². The number of halogens is 1. The number of hydrogen-bond donors (Lipinski definition) is 1. The van der Waals surface area contributed by atoms with Crippen LogP contribution in [0.2, 0.25) is 0 Å². The van der Waals surface area contributed by atoms with Gasteiger partial charge in [0, 0.05) is 18.9 Å². The van der Waals surface area contributed by atoms with E-state index in [1.165, 1.54) is 25.4 Å². The highest BCUT2D eigenvalue weighted by atomic mass is 19.1. The van der Waals surface area contributed by atoms with Crippen LogP contribution in [0, 0.1) is 5.82 Å². The number of benzene rings is 1. The van der Waals surface area contributed by atoms with Crippen LogP contribution >= 0.6 is 0 Å². The smallest absolute Gasteiger partial charge is 0.337 e. The van der Waals surface area contributed by atoms with E-state index in [4.69, 9.17) is 9.84 Å². The lowest BCUT2D eigenvalue weighted by Gasteiger charge is -2.06. The SMILES string of the molecule is COc1ccc(Cn2ccc(C(=O)O)c2)cc1F. The van der Waals surface area contributed by atoms with E-state index in [-0.39, 0.29) is 11.3 Å². The van der Waals surface area contributed by atoms with Gasteiger partial charge in [0.1, 0.15) is 0 Å². The Labute approximate surface area is 103 Å². The third kappa shape index (κ3) is 2.51. The first-order valence-corrected chi connectivity index (χ1v) is 5.31. The van der Waals surface area contributed by atoms with Crippen LogP contribution in [0.5, 0.6) is 5.75 Å². The van der Waals surface area contributed by atoms with Crippen LogP contribution in [-0.4, -0.2) is 22.8 Å². The monoisotopic (exact) mass is 249 g/mol. The Bertz CT molecular complexity index is 577. The summed E-state index contributed by atoms with van der Waals surface area (Å²) in [6.07, 6.45) is 3.15. The molecule has 0 amide bonds. The minimum absolute atomic E-state index is 0.192. The van der Waals surface area contributed by atoms with Gasteiger partial charge < -0.3 is 14.4 Å². The Balaban J connectivity index is 2.18. The van der Waals surface area contributed by atoms with Gasteiger partial charge >= 0.3 is 5.97 Å². The van der Waals surface area contributed by atoms with Crippen molar-refractivity contribution in [3.63, 3.8) is 0 Å². The lowest BCUT2D eigenvalue weighted by atomic mass is 10.2. The first kappa shape index (κ1) is 12.2. The quantitative estimate of drug-likeness (QED) is 0.905. The van der Waals surface area contributed by atoms with Crippen LogP contribution in [0.1, 0.15) is 15.9 Å². The van der Waals surface area contributed by atoms with Crippen molar-refractivity contribution in [3.05, 3.63) is 53.6 Å². The molecule has 5 heteroatoms. The molecule has 0 bridgehead atoms. The van der Waals surface area contributed by atoms with Crippen LogP contribution < -0.4 is 4.74 Å². The van der Waals surface area contributed by atoms with Gasteiger partial charge in [-0.2, -0.15) is 0 Å². The molecule has 0 fully saturated rings. The lowest BCUT2D eigenvalue weighted by Crippen LogP contribution is -1.99. The standard InChI is InChI=1S/C13H12FNO3/c1-18-12-3-2-9(6-11(12)14)7-15-5-4-10(8-15)13(16)17/h2-6,8H,7H2,1H3,(H,16,17). The molecule has 0 aliphatic rings. The van der Waals surface area contributed by atoms with Gasteiger partial charge in [0.15, 0.2) is 11.6 Å². The summed E-state index contributed by atoms with van der Waals surface area (Å²) in [6.45, 7) is 0.411. The summed E-state index contributed by atoms with van der Waals surface area (Å²) in [5.74, 6) is -1.22. The van der Waals surface area contributed by atoms with Crippen LogP contribution in [0.3, 0.4) is 0 Å². The van der Waals surface area contributed by atoms with Crippen molar-refractivity contribution in [2.75, 3.05) is 7.11 Å². The highest BCUT2D eigenvalue weighted by Gasteiger charge is 2.06. The number of rotatable bonds is 4. The molecule has 2 rings (SSSR count). The summed E-state index contributed by atoms with van der Waals surface area (Å²) in [6, 6.07) is 6.16. The molecule has 0 saturated carbocycles. The largest absolute Gasteiger partial charge is 0.494 e. The van der Waals surface area contributed by atoms with Gasteiger partial charge in [-0.3, -0.25) is 0 Å². The molecule has 4 nitrogen and oxygen atoms in total. The van der Waals surface area contributed by atoms with Crippen LogP contribution in [0.25, 0.3) is 0 Å². The molecule has 1 heterocycles. The normalized spacial score (nSPS) is 10.3. The van der Waals surface area contributed by atoms with E-state index in [1.807, 2.05) is 0 Å². The van der Waals surface area contributed by atoms with E-state index in [1.54, 1.807) is 22.9 Å². The number of hydrogen-bond acceptors (Lipinski definition) is 2. The summed E-state index contributed by atoms with van der Waals surface area (Å²) in [4.78, 5) is 10.7. The topological polar surface area (TPSA) is 51.5 Å². The maximum absolute atomic E-state index is 13.5. The van der Waals surface area contributed by atoms with E-state index in [2.05, 4.69) is 0 Å². The Morgan fingerprint density at radius 1 is 1.44 bits per heavy atom. The van der Waals surface area contributed by atoms with E-state index < -0.39 is 11.8 Å². The van der Waals surface area contributed by atoms with Gasteiger partial charge in [0.2, 0.25) is 0 Å². The molecule has 0 unspecified atom stereocenters. The van der Waals surface area contributed by atoms with Gasteiger partial charge in [0.05, 0.1) is 12.7 Å². The summed E-state index contributed by atoms with van der Waals surface area (Å²) in [5.41, 5.74) is 0.949. The average Bonchev–Trinajstić information content (AvgIpc) is 2.78. The summed E-state index contributed by atoms with van der Waals surface area (Å²) < 4.78 is 20.0. The van der Waals surface area contributed by atoms with Crippen molar-refractivity contribution in [3.8, 4) is 5.75 Å². The summed E-state index contributed by atoms with van der Waals surface area (Å²) >= 11 is 0. The molecule has 2 aromatic rings. The molecule has 0 aliphatic heterocycles. The molecule has 18 heavy (non-hydrogen) atoms. The number of aromatic carboxylic acids is 1. The predicted octanol–water partition coefficient (Wildman–Crippen LogP) is 2.38. The van der Waals surface area contributed by atoms with Crippen LogP contribution in [0.4, 0.5) is 4.39 Å². The Hall–Kier alpha value is -2.30. The Kier molecular flexibility index (Phi) is 3.32. The maximum atomic E-state index is 13.5. The maximum Gasteiger partial charge on any atom is 0.337 e. The highest BCUT2D eigenvalue weighted by molar-refractivity contribution is 5.87. The van der Waals surface area contributed by atoms with Crippen LogP contribution in [0.15, 0.2) is 36.7 Å². The number of nitrogens with zero attached hydrogens (tertiary/aromatic N) is 1. The van der Waals surface area contributed by atoms with Crippen molar-refractivity contribution >= 4 is 5.97 Å². The first-order chi connectivity index (χ1) is 8.60. The molecule has 94 valence electrons. The second-order valence-electron chi connectivity index (χ2n) is 3.85. The van der Waals surface area contributed by atoms with Crippen molar-refractivity contribution in [2.45, 2.75) is 6.54 Å².